The van der Waals surface area contributed by atoms with Crippen LogP contribution in [-0.4, -0.2) is 22.3 Å². The third-order valence-electron chi connectivity index (χ3n) is 3.87. The molecule has 1 aliphatic rings. The van der Waals surface area contributed by atoms with E-state index >= 15 is 0 Å². The van der Waals surface area contributed by atoms with Crippen molar-refractivity contribution in [3.8, 4) is 0 Å². The third kappa shape index (κ3) is 2.93. The number of hydrogen-bond acceptors (Lipinski definition) is 2. The van der Waals surface area contributed by atoms with Crippen LogP contribution in [0, 0.1) is 0 Å². The van der Waals surface area contributed by atoms with Crippen molar-refractivity contribution in [3.05, 3.63) is 63.9 Å². The number of carbonyl (C=O) groups excluding carboxylic acids is 1. The number of rotatable bonds is 2. The van der Waals surface area contributed by atoms with Crippen molar-refractivity contribution in [2.45, 2.75) is 26.3 Å². The van der Waals surface area contributed by atoms with Gasteiger partial charge in [-0.1, -0.05) is 42.8 Å². The van der Waals surface area contributed by atoms with Crippen molar-refractivity contribution in [1.82, 2.24) is 9.88 Å². The lowest BCUT2D eigenvalue weighted by atomic mass is 9.99. The predicted molar refractivity (Wildman–Crippen MR) is 83.5 cm³/mol. The first-order valence-electron chi connectivity index (χ1n) is 7.20. The molecule has 4 heteroatoms. The normalized spacial score (nSPS) is 13.9. The van der Waals surface area contributed by atoms with E-state index in [4.69, 9.17) is 11.6 Å². The number of fused-ring (bicyclic) bond motifs is 1. The Morgan fingerprint density at radius 3 is 2.81 bits per heavy atom. The van der Waals surface area contributed by atoms with Crippen LogP contribution in [0.15, 0.2) is 36.4 Å². The van der Waals surface area contributed by atoms with Gasteiger partial charge in [-0.25, -0.2) is 4.98 Å². The SMILES string of the molecule is CCc1cc(C(=O)N2CCc3ccccc3C2)cc(Cl)n1. The molecule has 108 valence electrons. The molecule has 0 radical (unpaired) electrons. The van der Waals surface area contributed by atoms with Gasteiger partial charge >= 0.3 is 0 Å². The molecule has 1 aliphatic heterocycles. The summed E-state index contributed by atoms with van der Waals surface area (Å²) in [5.41, 5.74) is 4.05. The number of pyridine rings is 1. The number of aryl methyl sites for hydroxylation is 1. The van der Waals surface area contributed by atoms with Crippen LogP contribution < -0.4 is 0 Å². The zero-order valence-electron chi connectivity index (χ0n) is 12.0. The third-order valence-corrected chi connectivity index (χ3v) is 4.07. The summed E-state index contributed by atoms with van der Waals surface area (Å²) in [6.07, 6.45) is 1.67. The van der Waals surface area contributed by atoms with E-state index in [0.29, 0.717) is 17.3 Å². The van der Waals surface area contributed by atoms with Crippen LogP contribution in [0.2, 0.25) is 5.15 Å². The average molecular weight is 301 g/mol. The van der Waals surface area contributed by atoms with Crippen molar-refractivity contribution in [1.29, 1.82) is 0 Å². The Bertz CT molecular complexity index is 684. The summed E-state index contributed by atoms with van der Waals surface area (Å²) in [5.74, 6) is 0.0310. The smallest absolute Gasteiger partial charge is 0.254 e. The van der Waals surface area contributed by atoms with Crippen LogP contribution in [0.25, 0.3) is 0 Å². The van der Waals surface area contributed by atoms with E-state index in [1.807, 2.05) is 30.0 Å². The van der Waals surface area contributed by atoms with Crippen molar-refractivity contribution in [2.24, 2.45) is 0 Å². The molecule has 0 unspecified atom stereocenters. The van der Waals surface area contributed by atoms with Gasteiger partial charge in [-0.05, 0) is 36.1 Å². The molecule has 0 aliphatic carbocycles. The molecule has 1 aromatic carbocycles. The highest BCUT2D eigenvalue weighted by Gasteiger charge is 2.22. The van der Waals surface area contributed by atoms with Gasteiger partial charge in [0.1, 0.15) is 5.15 Å². The quantitative estimate of drug-likeness (QED) is 0.795. The summed E-state index contributed by atoms with van der Waals surface area (Å²) in [6, 6.07) is 11.8. The molecule has 0 fully saturated rings. The second kappa shape index (κ2) is 5.86. The van der Waals surface area contributed by atoms with E-state index in [-0.39, 0.29) is 5.91 Å². The number of carbonyl (C=O) groups is 1. The first-order chi connectivity index (χ1) is 10.2. The molecule has 0 N–H and O–H groups in total. The second-order valence-electron chi connectivity index (χ2n) is 5.27. The Kier molecular flexibility index (Phi) is 3.93. The zero-order valence-corrected chi connectivity index (χ0v) is 12.7. The molecule has 3 nitrogen and oxygen atoms in total. The minimum absolute atomic E-state index is 0.0310. The number of aromatic nitrogens is 1. The largest absolute Gasteiger partial charge is 0.334 e. The highest BCUT2D eigenvalue weighted by atomic mass is 35.5. The van der Waals surface area contributed by atoms with Gasteiger partial charge in [0.15, 0.2) is 0 Å². The summed E-state index contributed by atoms with van der Waals surface area (Å²) in [4.78, 5) is 18.8. The maximum Gasteiger partial charge on any atom is 0.254 e. The lowest BCUT2D eigenvalue weighted by molar-refractivity contribution is 0.0734. The van der Waals surface area contributed by atoms with E-state index in [1.54, 1.807) is 6.07 Å². The van der Waals surface area contributed by atoms with Crippen LogP contribution >= 0.6 is 11.6 Å². The van der Waals surface area contributed by atoms with Gasteiger partial charge in [-0.2, -0.15) is 0 Å². The van der Waals surface area contributed by atoms with Gasteiger partial charge in [0.2, 0.25) is 0 Å². The molecular formula is C17H17ClN2O. The van der Waals surface area contributed by atoms with Crippen LogP contribution in [0.1, 0.15) is 34.1 Å². The fraction of sp³-hybridized carbons (Fsp3) is 0.294. The van der Waals surface area contributed by atoms with E-state index in [9.17, 15) is 4.79 Å². The molecule has 2 heterocycles. The predicted octanol–water partition coefficient (Wildman–Crippen LogP) is 3.50. The van der Waals surface area contributed by atoms with Crippen molar-refractivity contribution in [3.63, 3.8) is 0 Å². The number of hydrogen-bond donors (Lipinski definition) is 0. The molecule has 3 rings (SSSR count). The Morgan fingerprint density at radius 1 is 1.29 bits per heavy atom. The van der Waals surface area contributed by atoms with Crippen LogP contribution in [-0.2, 0) is 19.4 Å². The first kappa shape index (κ1) is 14.1. The Labute approximate surface area is 129 Å². The van der Waals surface area contributed by atoms with Gasteiger partial charge in [0.05, 0.1) is 0 Å². The average Bonchev–Trinajstić information content (AvgIpc) is 2.53. The van der Waals surface area contributed by atoms with Crippen LogP contribution in [0.4, 0.5) is 0 Å². The topological polar surface area (TPSA) is 33.2 Å². The molecule has 0 saturated carbocycles. The van der Waals surface area contributed by atoms with E-state index in [2.05, 4.69) is 17.1 Å². The number of amides is 1. The molecule has 0 spiro atoms. The minimum atomic E-state index is 0.0310. The van der Waals surface area contributed by atoms with Crippen molar-refractivity contribution < 1.29 is 4.79 Å². The second-order valence-corrected chi connectivity index (χ2v) is 5.66. The summed E-state index contributed by atoms with van der Waals surface area (Å²) in [7, 11) is 0. The first-order valence-corrected chi connectivity index (χ1v) is 7.57. The molecule has 0 saturated heterocycles. The summed E-state index contributed by atoms with van der Waals surface area (Å²) in [5, 5.41) is 0.384. The van der Waals surface area contributed by atoms with Gasteiger partial charge in [0.25, 0.3) is 5.91 Å². The highest BCUT2D eigenvalue weighted by Crippen LogP contribution is 2.21. The van der Waals surface area contributed by atoms with E-state index in [0.717, 1.165) is 25.1 Å². The maximum absolute atomic E-state index is 12.7. The Balaban J connectivity index is 1.85. The van der Waals surface area contributed by atoms with Crippen molar-refractivity contribution >= 4 is 17.5 Å². The zero-order chi connectivity index (χ0) is 14.8. The standard InChI is InChI=1S/C17H17ClN2O/c1-2-15-9-14(10-16(18)19-15)17(21)20-8-7-12-5-3-4-6-13(12)11-20/h3-6,9-10H,2,7-8,11H2,1H3. The molecule has 0 bridgehead atoms. The number of benzene rings is 1. The number of halogens is 1. The number of nitrogens with zero attached hydrogens (tertiary/aromatic N) is 2. The molecule has 1 aromatic heterocycles. The monoisotopic (exact) mass is 300 g/mol. The Hall–Kier alpha value is -1.87. The van der Waals surface area contributed by atoms with Gasteiger partial charge in [0, 0.05) is 24.3 Å². The van der Waals surface area contributed by atoms with Gasteiger partial charge in [-0.15, -0.1) is 0 Å². The summed E-state index contributed by atoms with van der Waals surface area (Å²) in [6.45, 7) is 3.41. The molecule has 21 heavy (non-hydrogen) atoms. The molecular weight excluding hydrogens is 284 g/mol. The van der Waals surface area contributed by atoms with E-state index < -0.39 is 0 Å². The Morgan fingerprint density at radius 2 is 2.05 bits per heavy atom. The molecule has 1 amide bonds. The molecule has 0 atom stereocenters. The highest BCUT2D eigenvalue weighted by molar-refractivity contribution is 6.29. The molecule has 2 aromatic rings. The minimum Gasteiger partial charge on any atom is -0.334 e. The van der Waals surface area contributed by atoms with Gasteiger partial charge in [-0.3, -0.25) is 4.79 Å². The van der Waals surface area contributed by atoms with Crippen LogP contribution in [0.5, 0.6) is 0 Å². The lowest BCUT2D eigenvalue weighted by Gasteiger charge is -2.29. The maximum atomic E-state index is 12.7. The summed E-state index contributed by atoms with van der Waals surface area (Å²) < 4.78 is 0. The van der Waals surface area contributed by atoms with E-state index in [1.165, 1.54) is 11.1 Å². The van der Waals surface area contributed by atoms with Crippen LogP contribution in [0.3, 0.4) is 0 Å². The van der Waals surface area contributed by atoms with Gasteiger partial charge < -0.3 is 4.90 Å². The lowest BCUT2D eigenvalue weighted by Crippen LogP contribution is -2.36. The fourth-order valence-corrected chi connectivity index (χ4v) is 2.93. The fourth-order valence-electron chi connectivity index (χ4n) is 2.71. The van der Waals surface area contributed by atoms with Crippen molar-refractivity contribution in [2.75, 3.05) is 6.54 Å². The summed E-state index contributed by atoms with van der Waals surface area (Å²) >= 11 is 6.01.